The average Bonchev–Trinajstić information content (AvgIpc) is 2.68. The number of aromatic nitrogens is 1. The van der Waals surface area contributed by atoms with Gasteiger partial charge in [-0.25, -0.2) is 4.98 Å². The Labute approximate surface area is 170 Å². The van der Waals surface area contributed by atoms with Gasteiger partial charge in [0.25, 0.3) is 5.91 Å². The van der Waals surface area contributed by atoms with Gasteiger partial charge in [0.15, 0.2) is 0 Å². The van der Waals surface area contributed by atoms with Crippen LogP contribution in [0.15, 0.2) is 42.6 Å². The summed E-state index contributed by atoms with van der Waals surface area (Å²) in [7, 11) is 1.61. The molecule has 7 nitrogen and oxygen atoms in total. The van der Waals surface area contributed by atoms with Crippen molar-refractivity contribution >= 4 is 30.7 Å². The summed E-state index contributed by atoms with van der Waals surface area (Å²) in [6.07, 6.45) is 1.21. The molecule has 2 aromatic rings. The number of hydrogen-bond acceptors (Lipinski definition) is 6. The number of carbonyl (C=O) groups is 1. The van der Waals surface area contributed by atoms with Gasteiger partial charge >= 0.3 is 0 Å². The van der Waals surface area contributed by atoms with Gasteiger partial charge < -0.3 is 24.8 Å². The topological polar surface area (TPSA) is 81.7 Å². The number of methoxy groups -OCH3 is 1. The van der Waals surface area contributed by atoms with Gasteiger partial charge in [-0.2, -0.15) is 0 Å². The Morgan fingerprint density at radius 3 is 2.67 bits per heavy atom. The lowest BCUT2D eigenvalue weighted by atomic mass is 10.2. The number of hydrogen-bond donors (Lipinski definition) is 2. The maximum Gasteiger partial charge on any atom is 0.250 e. The fourth-order valence-electron chi connectivity index (χ4n) is 2.42. The van der Waals surface area contributed by atoms with Crippen LogP contribution in [0.3, 0.4) is 0 Å². The first-order chi connectivity index (χ1) is 12.2. The number of ether oxygens (including phenoxy) is 3. The van der Waals surface area contributed by atoms with E-state index in [0.717, 1.165) is 17.9 Å². The number of carbonyl (C=O) groups excluding carboxylic acids is 1. The maximum absolute atomic E-state index is 12.1. The minimum Gasteiger partial charge on any atom is -0.497 e. The summed E-state index contributed by atoms with van der Waals surface area (Å²) in [5, 5.41) is 6.00. The molecule has 1 saturated heterocycles. The van der Waals surface area contributed by atoms with Crippen LogP contribution >= 0.6 is 24.8 Å². The summed E-state index contributed by atoms with van der Waals surface area (Å²) >= 11 is 0. The van der Waals surface area contributed by atoms with E-state index < -0.39 is 6.10 Å². The van der Waals surface area contributed by atoms with Crippen molar-refractivity contribution in [1.82, 2.24) is 15.6 Å². The summed E-state index contributed by atoms with van der Waals surface area (Å²) in [5.74, 6) is 1.77. The van der Waals surface area contributed by atoms with Crippen molar-refractivity contribution in [1.29, 1.82) is 0 Å². The van der Waals surface area contributed by atoms with Crippen LogP contribution in [0.2, 0.25) is 0 Å². The van der Waals surface area contributed by atoms with Gasteiger partial charge in [-0.15, -0.1) is 24.8 Å². The van der Waals surface area contributed by atoms with Crippen molar-refractivity contribution in [2.45, 2.75) is 12.6 Å². The van der Waals surface area contributed by atoms with E-state index in [9.17, 15) is 4.79 Å². The van der Waals surface area contributed by atoms with E-state index in [0.29, 0.717) is 31.3 Å². The van der Waals surface area contributed by atoms with Gasteiger partial charge in [-0.1, -0.05) is 0 Å². The normalized spacial score (nSPS) is 15.7. The van der Waals surface area contributed by atoms with Gasteiger partial charge in [0.1, 0.15) is 17.6 Å². The highest BCUT2D eigenvalue weighted by atomic mass is 35.5. The molecule has 0 bridgehead atoms. The quantitative estimate of drug-likeness (QED) is 0.753. The third kappa shape index (κ3) is 6.88. The van der Waals surface area contributed by atoms with Crippen molar-refractivity contribution in [2.75, 3.05) is 26.8 Å². The van der Waals surface area contributed by atoms with Crippen molar-refractivity contribution < 1.29 is 19.0 Å². The molecule has 2 N–H and O–H groups in total. The molecule has 9 heteroatoms. The fraction of sp³-hybridized carbons (Fsp3) is 0.333. The summed E-state index contributed by atoms with van der Waals surface area (Å²) in [4.78, 5) is 16.3. The third-order valence-electron chi connectivity index (χ3n) is 3.77. The molecule has 1 aliphatic heterocycles. The molecular formula is C18H23Cl2N3O4. The minimum absolute atomic E-state index is 0. The van der Waals surface area contributed by atoms with Gasteiger partial charge in [0.05, 0.1) is 13.7 Å². The lowest BCUT2D eigenvalue weighted by Gasteiger charge is -2.22. The van der Waals surface area contributed by atoms with E-state index in [1.165, 1.54) is 0 Å². The monoisotopic (exact) mass is 415 g/mol. The van der Waals surface area contributed by atoms with Crippen LogP contribution in [0.4, 0.5) is 0 Å². The molecule has 1 fully saturated rings. The SMILES string of the molecule is COc1ccc(Oc2cc(CNC(=O)[C@H]3CNCCO3)ccn2)cc1.Cl.Cl. The first-order valence-corrected chi connectivity index (χ1v) is 8.11. The summed E-state index contributed by atoms with van der Waals surface area (Å²) in [5.41, 5.74) is 0.899. The van der Waals surface area contributed by atoms with Crippen LogP contribution < -0.4 is 20.1 Å². The molecule has 1 atom stereocenters. The summed E-state index contributed by atoms with van der Waals surface area (Å²) in [6.45, 7) is 2.25. The van der Waals surface area contributed by atoms with Crippen LogP contribution in [-0.4, -0.2) is 43.8 Å². The standard InChI is InChI=1S/C18H21N3O4.2ClH/c1-23-14-2-4-15(5-3-14)25-17-10-13(6-7-20-17)11-21-18(22)16-12-19-8-9-24-16;;/h2-7,10,16,19H,8-9,11-12H2,1H3,(H,21,22);2*1H/t16-;;/m1../s1. The molecule has 0 radical (unpaired) electrons. The van der Waals surface area contributed by atoms with Crippen LogP contribution in [0.1, 0.15) is 5.56 Å². The molecule has 0 unspecified atom stereocenters. The van der Waals surface area contributed by atoms with Crippen LogP contribution in [0.25, 0.3) is 0 Å². The zero-order valence-corrected chi connectivity index (χ0v) is 16.5. The van der Waals surface area contributed by atoms with E-state index in [2.05, 4.69) is 15.6 Å². The zero-order chi connectivity index (χ0) is 17.5. The molecule has 1 amide bonds. The summed E-state index contributed by atoms with van der Waals surface area (Å²) < 4.78 is 16.3. The molecule has 0 saturated carbocycles. The second-order valence-corrected chi connectivity index (χ2v) is 5.56. The predicted octanol–water partition coefficient (Wildman–Crippen LogP) is 2.33. The first-order valence-electron chi connectivity index (χ1n) is 8.11. The molecule has 1 aromatic heterocycles. The van der Waals surface area contributed by atoms with Gasteiger partial charge in [-0.3, -0.25) is 4.79 Å². The second-order valence-electron chi connectivity index (χ2n) is 5.56. The smallest absolute Gasteiger partial charge is 0.250 e. The average molecular weight is 416 g/mol. The molecule has 2 heterocycles. The molecule has 3 rings (SSSR count). The van der Waals surface area contributed by atoms with Gasteiger partial charge in [-0.05, 0) is 35.9 Å². The third-order valence-corrected chi connectivity index (χ3v) is 3.77. The van der Waals surface area contributed by atoms with E-state index in [1.807, 2.05) is 30.3 Å². The predicted molar refractivity (Wildman–Crippen MR) is 106 cm³/mol. The number of nitrogens with one attached hydrogen (secondary N) is 2. The lowest BCUT2D eigenvalue weighted by molar-refractivity contribution is -0.134. The highest BCUT2D eigenvalue weighted by Crippen LogP contribution is 2.22. The maximum atomic E-state index is 12.1. The van der Waals surface area contributed by atoms with Gasteiger partial charge in [0, 0.05) is 31.9 Å². The highest BCUT2D eigenvalue weighted by molar-refractivity contribution is 5.85. The molecule has 0 aliphatic carbocycles. The largest absolute Gasteiger partial charge is 0.497 e. The highest BCUT2D eigenvalue weighted by Gasteiger charge is 2.21. The molecule has 1 aliphatic rings. The Morgan fingerprint density at radius 1 is 1.26 bits per heavy atom. The Balaban J connectivity index is 0.00000182. The molecular weight excluding hydrogens is 393 g/mol. The van der Waals surface area contributed by atoms with Crippen molar-refractivity contribution in [3.8, 4) is 17.4 Å². The number of benzene rings is 1. The Morgan fingerprint density at radius 2 is 2.00 bits per heavy atom. The Hall–Kier alpha value is -2.06. The molecule has 148 valence electrons. The Kier molecular flexibility index (Phi) is 9.88. The van der Waals surface area contributed by atoms with E-state index in [4.69, 9.17) is 14.2 Å². The Bertz CT molecular complexity index is 710. The van der Waals surface area contributed by atoms with Crippen LogP contribution in [0.5, 0.6) is 17.4 Å². The number of halogens is 2. The van der Waals surface area contributed by atoms with Crippen LogP contribution in [0, 0.1) is 0 Å². The lowest BCUT2D eigenvalue weighted by Crippen LogP contribution is -2.47. The number of pyridine rings is 1. The number of amides is 1. The van der Waals surface area contributed by atoms with Crippen LogP contribution in [-0.2, 0) is 16.1 Å². The first kappa shape index (κ1) is 23.0. The number of morpholine rings is 1. The molecule has 0 spiro atoms. The fourth-order valence-corrected chi connectivity index (χ4v) is 2.42. The van der Waals surface area contributed by atoms with E-state index in [1.54, 1.807) is 19.4 Å². The van der Waals surface area contributed by atoms with E-state index >= 15 is 0 Å². The van der Waals surface area contributed by atoms with E-state index in [-0.39, 0.29) is 30.7 Å². The second kappa shape index (κ2) is 11.6. The van der Waals surface area contributed by atoms with Crippen molar-refractivity contribution in [2.24, 2.45) is 0 Å². The van der Waals surface area contributed by atoms with Crippen molar-refractivity contribution in [3.05, 3.63) is 48.2 Å². The number of nitrogens with zero attached hydrogens (tertiary/aromatic N) is 1. The summed E-state index contributed by atoms with van der Waals surface area (Å²) in [6, 6.07) is 10.9. The minimum atomic E-state index is -0.439. The van der Waals surface area contributed by atoms with Crippen molar-refractivity contribution in [3.63, 3.8) is 0 Å². The van der Waals surface area contributed by atoms with Gasteiger partial charge in [0.2, 0.25) is 5.88 Å². The molecule has 1 aromatic carbocycles. The zero-order valence-electron chi connectivity index (χ0n) is 14.8. The number of rotatable bonds is 6. The molecule has 27 heavy (non-hydrogen) atoms.